The van der Waals surface area contributed by atoms with Gasteiger partial charge < -0.3 is 21.3 Å². The smallest absolute Gasteiger partial charge is 0.339 e. The molecule has 0 saturated carbocycles. The Morgan fingerprint density at radius 2 is 2.05 bits per heavy atom. The maximum absolute atomic E-state index is 11.6. The average molecular weight is 312 g/mol. The Labute approximate surface area is 127 Å². The molecule has 2 amide bonds. The number of nitrogens with two attached hydrogens (primary N) is 2. The summed E-state index contributed by atoms with van der Waals surface area (Å²) >= 11 is 6.06. The summed E-state index contributed by atoms with van der Waals surface area (Å²) in [5, 5.41) is 3.45. The standard InChI is InChI=1S/C12H18ClN7O/c13-8-5-10(15)9(7-14)11(6-8)19-1-3-20(4-2-19)12(21)17-18-16/h5-6H,1-4,7,14-15H2,(H2,16,17,21). The van der Waals surface area contributed by atoms with E-state index in [9.17, 15) is 4.79 Å². The van der Waals surface area contributed by atoms with Gasteiger partial charge in [0.15, 0.2) is 0 Å². The number of carbonyl (C=O) groups is 1. The highest BCUT2D eigenvalue weighted by atomic mass is 35.5. The average Bonchev–Trinajstić information content (AvgIpc) is 2.47. The lowest BCUT2D eigenvalue weighted by Gasteiger charge is -2.36. The maximum Gasteiger partial charge on any atom is 0.339 e. The number of hydrogen-bond donors (Lipinski definition) is 4. The van der Waals surface area contributed by atoms with Gasteiger partial charge in [0.1, 0.15) is 0 Å². The fourth-order valence-electron chi connectivity index (χ4n) is 2.42. The lowest BCUT2D eigenvalue weighted by atomic mass is 10.1. The van der Waals surface area contributed by atoms with Gasteiger partial charge in [-0.25, -0.2) is 10.2 Å². The number of nitrogen functional groups attached to an aromatic ring is 1. The molecular formula is C12H18ClN7O. The van der Waals surface area contributed by atoms with Crippen molar-refractivity contribution in [2.75, 3.05) is 36.8 Å². The normalized spacial score (nSPS) is 15.0. The molecule has 1 aromatic rings. The Balaban J connectivity index is 2.12. The number of urea groups is 1. The highest BCUT2D eigenvalue weighted by molar-refractivity contribution is 6.31. The lowest BCUT2D eigenvalue weighted by molar-refractivity contribution is 0.193. The van der Waals surface area contributed by atoms with E-state index < -0.39 is 0 Å². The maximum atomic E-state index is 11.6. The number of amides is 2. The fraction of sp³-hybridized carbons (Fsp3) is 0.417. The molecule has 1 aliphatic heterocycles. The highest BCUT2D eigenvalue weighted by Crippen LogP contribution is 2.30. The van der Waals surface area contributed by atoms with E-state index in [-0.39, 0.29) is 6.03 Å². The van der Waals surface area contributed by atoms with Crippen molar-refractivity contribution < 1.29 is 4.79 Å². The van der Waals surface area contributed by atoms with Crippen molar-refractivity contribution >= 4 is 29.0 Å². The molecule has 0 aromatic heterocycles. The van der Waals surface area contributed by atoms with Crippen LogP contribution in [-0.4, -0.2) is 37.1 Å². The fourth-order valence-corrected chi connectivity index (χ4v) is 2.64. The minimum Gasteiger partial charge on any atom is -0.398 e. The third-order valence-corrected chi connectivity index (χ3v) is 3.71. The van der Waals surface area contributed by atoms with Gasteiger partial charge >= 0.3 is 6.03 Å². The molecule has 1 saturated heterocycles. The number of halogens is 1. The Hall–Kier alpha value is -2.06. The van der Waals surface area contributed by atoms with Gasteiger partial charge in [-0.3, -0.25) is 0 Å². The molecule has 0 aliphatic carbocycles. The van der Waals surface area contributed by atoms with Gasteiger partial charge in [-0.05, 0) is 12.1 Å². The van der Waals surface area contributed by atoms with E-state index in [0.29, 0.717) is 43.4 Å². The lowest BCUT2D eigenvalue weighted by Crippen LogP contribution is -2.51. The van der Waals surface area contributed by atoms with Crippen LogP contribution in [0.1, 0.15) is 5.56 Å². The van der Waals surface area contributed by atoms with Crippen molar-refractivity contribution in [2.24, 2.45) is 11.0 Å². The number of carbonyl (C=O) groups excluding carboxylic acids is 1. The van der Waals surface area contributed by atoms with Gasteiger partial charge in [0.05, 0.1) is 0 Å². The van der Waals surface area contributed by atoms with Crippen LogP contribution in [0.2, 0.25) is 5.02 Å². The zero-order valence-corrected chi connectivity index (χ0v) is 12.2. The van der Waals surface area contributed by atoms with E-state index in [2.05, 4.69) is 15.5 Å². The van der Waals surface area contributed by atoms with E-state index in [1.165, 1.54) is 0 Å². The molecule has 2 rings (SSSR count). The summed E-state index contributed by atoms with van der Waals surface area (Å²) in [5.74, 6) is 0. The molecule has 6 N–H and O–H groups in total. The van der Waals surface area contributed by atoms with Gasteiger partial charge in [-0.1, -0.05) is 16.8 Å². The van der Waals surface area contributed by atoms with Gasteiger partial charge in [-0.2, -0.15) is 5.53 Å². The van der Waals surface area contributed by atoms with E-state index >= 15 is 0 Å². The van der Waals surface area contributed by atoms with Crippen LogP contribution in [0.3, 0.4) is 0 Å². The first kappa shape index (κ1) is 15.3. The van der Waals surface area contributed by atoms with Crippen LogP contribution in [0.25, 0.3) is 0 Å². The van der Waals surface area contributed by atoms with Crippen LogP contribution >= 0.6 is 11.6 Å². The molecule has 0 radical (unpaired) electrons. The molecule has 1 heterocycles. The number of benzene rings is 1. The second-order valence-corrected chi connectivity index (χ2v) is 5.14. The van der Waals surface area contributed by atoms with Gasteiger partial charge in [-0.15, -0.1) is 0 Å². The van der Waals surface area contributed by atoms with Crippen LogP contribution in [-0.2, 0) is 6.54 Å². The second-order valence-electron chi connectivity index (χ2n) is 4.70. The molecule has 1 fully saturated rings. The van der Waals surface area contributed by atoms with E-state index in [1.807, 2.05) is 6.07 Å². The molecule has 0 atom stereocenters. The third-order valence-electron chi connectivity index (χ3n) is 3.49. The monoisotopic (exact) mass is 311 g/mol. The zero-order chi connectivity index (χ0) is 15.4. The Kier molecular flexibility index (Phi) is 4.81. The molecular weight excluding hydrogens is 294 g/mol. The number of nitrogens with zero attached hydrogens (tertiary/aromatic N) is 3. The molecule has 0 bridgehead atoms. The SMILES string of the molecule is N=NNC(=O)N1CCN(c2cc(Cl)cc(N)c2CN)CC1. The van der Waals surface area contributed by atoms with Crippen LogP contribution in [0.4, 0.5) is 16.2 Å². The second kappa shape index (κ2) is 6.59. The molecule has 8 nitrogen and oxygen atoms in total. The summed E-state index contributed by atoms with van der Waals surface area (Å²) in [4.78, 5) is 15.3. The Morgan fingerprint density at radius 3 is 2.62 bits per heavy atom. The number of rotatable bonds is 3. The van der Waals surface area contributed by atoms with Gasteiger partial charge in [0.25, 0.3) is 0 Å². The summed E-state index contributed by atoms with van der Waals surface area (Å²) in [6.07, 6.45) is 0. The van der Waals surface area contributed by atoms with Crippen LogP contribution in [0.15, 0.2) is 17.4 Å². The molecule has 21 heavy (non-hydrogen) atoms. The van der Waals surface area contributed by atoms with E-state index in [0.717, 1.165) is 11.3 Å². The molecule has 1 aromatic carbocycles. The van der Waals surface area contributed by atoms with Crippen molar-refractivity contribution in [2.45, 2.75) is 6.54 Å². The number of hydrogen-bond acceptors (Lipinski definition) is 6. The molecule has 1 aliphatic rings. The summed E-state index contributed by atoms with van der Waals surface area (Å²) in [6, 6.07) is 3.16. The first-order valence-electron chi connectivity index (χ1n) is 6.51. The van der Waals surface area contributed by atoms with Crippen molar-refractivity contribution in [3.05, 3.63) is 22.7 Å². The van der Waals surface area contributed by atoms with E-state index in [1.54, 1.807) is 11.0 Å². The highest BCUT2D eigenvalue weighted by Gasteiger charge is 2.23. The van der Waals surface area contributed by atoms with Crippen molar-refractivity contribution in [3.8, 4) is 0 Å². The first-order chi connectivity index (χ1) is 10.1. The molecule has 0 unspecified atom stereocenters. The zero-order valence-electron chi connectivity index (χ0n) is 11.5. The Bertz CT molecular complexity index is 543. The largest absolute Gasteiger partial charge is 0.398 e. The van der Waals surface area contributed by atoms with Crippen LogP contribution in [0.5, 0.6) is 0 Å². The first-order valence-corrected chi connectivity index (χ1v) is 6.89. The summed E-state index contributed by atoms with van der Waals surface area (Å²) < 4.78 is 0. The van der Waals surface area contributed by atoms with E-state index in [4.69, 9.17) is 28.6 Å². The number of piperazine rings is 1. The van der Waals surface area contributed by atoms with Crippen LogP contribution in [0, 0.1) is 5.53 Å². The van der Waals surface area contributed by atoms with Gasteiger partial charge in [0.2, 0.25) is 0 Å². The third kappa shape index (κ3) is 3.34. The summed E-state index contributed by atoms with van der Waals surface area (Å²) in [7, 11) is 0. The summed E-state index contributed by atoms with van der Waals surface area (Å²) in [6.45, 7) is 2.66. The summed E-state index contributed by atoms with van der Waals surface area (Å²) in [5.41, 5.74) is 22.8. The number of anilines is 2. The predicted molar refractivity (Wildman–Crippen MR) is 81.2 cm³/mol. The molecule has 0 spiro atoms. The van der Waals surface area contributed by atoms with Gasteiger partial charge in [0, 0.05) is 54.7 Å². The van der Waals surface area contributed by atoms with Crippen molar-refractivity contribution in [3.63, 3.8) is 0 Å². The predicted octanol–water partition coefficient (Wildman–Crippen LogP) is 1.16. The van der Waals surface area contributed by atoms with Crippen molar-refractivity contribution in [1.82, 2.24) is 10.3 Å². The number of nitrogens with one attached hydrogen (secondary N) is 2. The van der Waals surface area contributed by atoms with Crippen LogP contribution < -0.4 is 21.8 Å². The topological polar surface area (TPSA) is 124 Å². The minimum absolute atomic E-state index is 0.330. The quantitative estimate of drug-likeness (QED) is 0.380. The molecule has 114 valence electrons. The molecule has 9 heteroatoms. The van der Waals surface area contributed by atoms with Crippen molar-refractivity contribution in [1.29, 1.82) is 5.53 Å². The minimum atomic E-state index is -0.366. The Morgan fingerprint density at radius 1 is 1.38 bits per heavy atom.